The number of amides is 2. The molecule has 19 heavy (non-hydrogen) atoms. The number of benzene rings is 1. The Labute approximate surface area is 118 Å². The number of carbonyl (C=O) groups is 2. The summed E-state index contributed by atoms with van der Waals surface area (Å²) in [6, 6.07) is 9.58. The van der Waals surface area contributed by atoms with E-state index in [1.165, 1.54) is 11.8 Å². The molecule has 0 radical (unpaired) electrons. The van der Waals surface area contributed by atoms with Gasteiger partial charge in [-0.15, -0.1) is 0 Å². The Bertz CT molecular complexity index is 409. The molecular weight excluding hydrogens is 260 g/mol. The van der Waals surface area contributed by atoms with E-state index in [2.05, 4.69) is 10.6 Å². The van der Waals surface area contributed by atoms with Gasteiger partial charge in [-0.25, -0.2) is 0 Å². The van der Waals surface area contributed by atoms with Crippen LogP contribution in [0.15, 0.2) is 30.3 Å². The maximum absolute atomic E-state index is 11.6. The van der Waals surface area contributed by atoms with Crippen LogP contribution in [0.2, 0.25) is 0 Å². The Kier molecular flexibility index (Phi) is 7.03. The van der Waals surface area contributed by atoms with E-state index in [1.54, 1.807) is 0 Å². The molecule has 0 aliphatic heterocycles. The molecule has 1 aromatic rings. The van der Waals surface area contributed by atoms with Gasteiger partial charge in [0.15, 0.2) is 0 Å². The van der Waals surface area contributed by atoms with Crippen molar-refractivity contribution in [2.45, 2.75) is 18.6 Å². The van der Waals surface area contributed by atoms with Crippen molar-refractivity contribution in [3.8, 4) is 0 Å². The molecule has 0 heterocycles. The summed E-state index contributed by atoms with van der Waals surface area (Å²) in [6.45, 7) is 2.77. The molecule has 4 nitrogen and oxygen atoms in total. The number of thioether (sulfide) groups is 1. The average Bonchev–Trinajstić information content (AvgIpc) is 2.43. The first kappa shape index (κ1) is 15.6. The number of nitrogens with one attached hydrogen (secondary N) is 2. The van der Waals surface area contributed by atoms with Gasteiger partial charge in [0, 0.05) is 13.1 Å². The topological polar surface area (TPSA) is 58.2 Å². The zero-order chi connectivity index (χ0) is 14.1. The SMILES string of the molecule is CSC(C)C(=O)NCCNC(=O)Cc1ccccc1. The molecule has 0 aliphatic rings. The molecule has 1 aromatic carbocycles. The molecule has 0 aromatic heterocycles. The van der Waals surface area contributed by atoms with Crippen LogP contribution in [-0.2, 0) is 16.0 Å². The lowest BCUT2D eigenvalue weighted by Gasteiger charge is -2.10. The minimum absolute atomic E-state index is 0.00445. The fraction of sp³-hybridized carbons (Fsp3) is 0.429. The smallest absolute Gasteiger partial charge is 0.232 e. The molecule has 0 spiro atoms. The standard InChI is InChI=1S/C14H20N2O2S/c1-11(19-2)14(18)16-9-8-15-13(17)10-12-6-4-3-5-7-12/h3-7,11H,8-10H2,1-2H3,(H,15,17)(H,16,18). The summed E-state index contributed by atoms with van der Waals surface area (Å²) in [4.78, 5) is 23.1. The quantitative estimate of drug-likeness (QED) is 0.738. The van der Waals surface area contributed by atoms with Crippen molar-refractivity contribution in [1.29, 1.82) is 0 Å². The highest BCUT2D eigenvalue weighted by atomic mass is 32.2. The van der Waals surface area contributed by atoms with E-state index in [0.717, 1.165) is 5.56 Å². The van der Waals surface area contributed by atoms with E-state index in [0.29, 0.717) is 19.5 Å². The number of hydrogen-bond acceptors (Lipinski definition) is 3. The van der Waals surface area contributed by atoms with Gasteiger partial charge >= 0.3 is 0 Å². The van der Waals surface area contributed by atoms with Crippen LogP contribution in [0.3, 0.4) is 0 Å². The minimum Gasteiger partial charge on any atom is -0.354 e. The molecule has 0 saturated heterocycles. The van der Waals surface area contributed by atoms with Crippen LogP contribution in [0.1, 0.15) is 12.5 Å². The fourth-order valence-electron chi connectivity index (χ4n) is 1.48. The Morgan fingerprint density at radius 3 is 2.42 bits per heavy atom. The van der Waals surface area contributed by atoms with Gasteiger partial charge in [-0.3, -0.25) is 9.59 Å². The first-order valence-corrected chi connectivity index (χ1v) is 7.53. The number of rotatable bonds is 7. The van der Waals surface area contributed by atoms with Gasteiger partial charge in [0.25, 0.3) is 0 Å². The third-order valence-corrected chi connectivity index (χ3v) is 3.60. The van der Waals surface area contributed by atoms with Crippen LogP contribution in [0, 0.1) is 0 Å². The second-order valence-electron chi connectivity index (χ2n) is 4.18. The van der Waals surface area contributed by atoms with E-state index >= 15 is 0 Å². The normalized spacial score (nSPS) is 11.7. The van der Waals surface area contributed by atoms with E-state index in [4.69, 9.17) is 0 Å². The summed E-state index contributed by atoms with van der Waals surface area (Å²) in [5, 5.41) is 5.51. The molecule has 0 bridgehead atoms. The van der Waals surface area contributed by atoms with Gasteiger partial charge in [0.05, 0.1) is 11.7 Å². The molecule has 0 fully saturated rings. The van der Waals surface area contributed by atoms with Crippen LogP contribution in [0.25, 0.3) is 0 Å². The van der Waals surface area contributed by atoms with E-state index in [-0.39, 0.29) is 17.1 Å². The van der Waals surface area contributed by atoms with Gasteiger partial charge < -0.3 is 10.6 Å². The Balaban J connectivity index is 2.16. The average molecular weight is 280 g/mol. The van der Waals surface area contributed by atoms with Gasteiger partial charge in [0.1, 0.15) is 0 Å². The highest BCUT2D eigenvalue weighted by molar-refractivity contribution is 7.99. The van der Waals surface area contributed by atoms with Crippen molar-refractivity contribution in [2.75, 3.05) is 19.3 Å². The third-order valence-electron chi connectivity index (χ3n) is 2.68. The molecule has 2 amide bonds. The predicted octanol–water partition coefficient (Wildman–Crippen LogP) is 1.21. The van der Waals surface area contributed by atoms with Crippen LogP contribution in [0.5, 0.6) is 0 Å². The van der Waals surface area contributed by atoms with Crippen LogP contribution in [-0.4, -0.2) is 36.4 Å². The van der Waals surface area contributed by atoms with Crippen LogP contribution in [0.4, 0.5) is 0 Å². The van der Waals surface area contributed by atoms with Gasteiger partial charge in [-0.2, -0.15) is 11.8 Å². The lowest BCUT2D eigenvalue weighted by atomic mass is 10.1. The zero-order valence-electron chi connectivity index (χ0n) is 11.3. The maximum atomic E-state index is 11.6. The Morgan fingerprint density at radius 1 is 1.16 bits per heavy atom. The minimum atomic E-state index is -0.0555. The number of carbonyl (C=O) groups excluding carboxylic acids is 2. The lowest BCUT2D eigenvalue weighted by Crippen LogP contribution is -2.38. The lowest BCUT2D eigenvalue weighted by molar-refractivity contribution is -0.122. The van der Waals surface area contributed by atoms with Crippen molar-refractivity contribution in [3.63, 3.8) is 0 Å². The van der Waals surface area contributed by atoms with Crippen molar-refractivity contribution in [2.24, 2.45) is 0 Å². The molecule has 0 saturated carbocycles. The highest BCUT2D eigenvalue weighted by Gasteiger charge is 2.09. The summed E-state index contributed by atoms with van der Waals surface area (Å²) >= 11 is 1.50. The zero-order valence-corrected chi connectivity index (χ0v) is 12.1. The van der Waals surface area contributed by atoms with Crippen molar-refractivity contribution >= 4 is 23.6 Å². The molecule has 1 atom stereocenters. The first-order chi connectivity index (χ1) is 9.13. The summed E-state index contributed by atoms with van der Waals surface area (Å²) < 4.78 is 0. The largest absolute Gasteiger partial charge is 0.354 e. The molecule has 1 rings (SSSR count). The molecule has 2 N–H and O–H groups in total. The van der Waals surface area contributed by atoms with Crippen LogP contribution >= 0.6 is 11.8 Å². The second-order valence-corrected chi connectivity index (χ2v) is 5.36. The van der Waals surface area contributed by atoms with Crippen molar-refractivity contribution in [3.05, 3.63) is 35.9 Å². The molecule has 0 aliphatic carbocycles. The van der Waals surface area contributed by atoms with Gasteiger partial charge in [0.2, 0.25) is 11.8 Å². The van der Waals surface area contributed by atoms with E-state index < -0.39 is 0 Å². The highest BCUT2D eigenvalue weighted by Crippen LogP contribution is 2.03. The third kappa shape index (κ3) is 6.29. The van der Waals surface area contributed by atoms with Crippen molar-refractivity contribution in [1.82, 2.24) is 10.6 Å². The molecule has 5 heteroatoms. The predicted molar refractivity (Wildman–Crippen MR) is 79.1 cm³/mol. The van der Waals surface area contributed by atoms with Gasteiger partial charge in [-0.05, 0) is 18.7 Å². The van der Waals surface area contributed by atoms with Crippen LogP contribution < -0.4 is 10.6 Å². The monoisotopic (exact) mass is 280 g/mol. The first-order valence-electron chi connectivity index (χ1n) is 6.24. The molecular formula is C14H20N2O2S. The van der Waals surface area contributed by atoms with Gasteiger partial charge in [-0.1, -0.05) is 30.3 Å². The number of hydrogen-bond donors (Lipinski definition) is 2. The summed E-state index contributed by atoms with van der Waals surface area (Å²) in [5.74, 6) is -0.0248. The maximum Gasteiger partial charge on any atom is 0.232 e. The second kappa shape index (κ2) is 8.58. The summed E-state index contributed by atoms with van der Waals surface area (Å²) in [6.07, 6.45) is 2.27. The Morgan fingerprint density at radius 2 is 1.79 bits per heavy atom. The summed E-state index contributed by atoms with van der Waals surface area (Å²) in [5.41, 5.74) is 0.986. The fourth-order valence-corrected chi connectivity index (χ4v) is 1.78. The van der Waals surface area contributed by atoms with Crippen molar-refractivity contribution < 1.29 is 9.59 Å². The molecule has 104 valence electrons. The van der Waals surface area contributed by atoms with E-state index in [1.807, 2.05) is 43.5 Å². The molecule has 1 unspecified atom stereocenters. The van der Waals surface area contributed by atoms with E-state index in [9.17, 15) is 9.59 Å². The summed E-state index contributed by atoms with van der Waals surface area (Å²) in [7, 11) is 0. The Hall–Kier alpha value is -1.49.